The Kier molecular flexibility index (Phi) is 6.41. The average Bonchev–Trinajstić information content (AvgIpc) is 2.58. The third kappa shape index (κ3) is 5.62. The van der Waals surface area contributed by atoms with E-state index in [0.29, 0.717) is 37.4 Å². The summed E-state index contributed by atoms with van der Waals surface area (Å²) in [6.07, 6.45) is 3.72. The maximum absolute atomic E-state index is 11.9. The second-order valence-electron chi connectivity index (χ2n) is 5.32. The maximum Gasteiger partial charge on any atom is 0.220 e. The van der Waals surface area contributed by atoms with Crippen molar-refractivity contribution < 1.29 is 9.53 Å². The summed E-state index contributed by atoms with van der Waals surface area (Å²) < 4.78 is 5.54. The van der Waals surface area contributed by atoms with Gasteiger partial charge in [-0.2, -0.15) is 0 Å². The second-order valence-corrected chi connectivity index (χ2v) is 5.32. The Morgan fingerprint density at radius 3 is 2.87 bits per heavy atom. The number of benzene rings is 1. The minimum absolute atomic E-state index is 0.000494. The number of hydrogen-bond acceptors (Lipinski definition) is 4. The fourth-order valence-electron chi connectivity index (χ4n) is 2.13. The molecule has 0 bridgehead atoms. The predicted molar refractivity (Wildman–Crippen MR) is 91.0 cm³/mol. The highest BCUT2D eigenvalue weighted by Crippen LogP contribution is 2.23. The van der Waals surface area contributed by atoms with Crippen molar-refractivity contribution in [3.05, 3.63) is 53.9 Å². The summed E-state index contributed by atoms with van der Waals surface area (Å²) in [6.45, 7) is 3.15. The van der Waals surface area contributed by atoms with Crippen LogP contribution in [0.15, 0.2) is 42.6 Å². The summed E-state index contributed by atoms with van der Waals surface area (Å²) in [5.41, 5.74) is 8.46. The van der Waals surface area contributed by atoms with Crippen LogP contribution in [-0.2, 0) is 17.8 Å². The topological polar surface area (TPSA) is 77.2 Å². The number of nitrogens with zero attached hydrogens (tertiary/aromatic N) is 1. The molecule has 5 nitrogen and oxygen atoms in total. The van der Waals surface area contributed by atoms with E-state index in [1.165, 1.54) is 0 Å². The van der Waals surface area contributed by atoms with Gasteiger partial charge in [0.2, 0.25) is 5.91 Å². The SMILES string of the molecule is CCCOc1ccc(CCC(=O)NCc2ccccn2)cc1N. The lowest BCUT2D eigenvalue weighted by Gasteiger charge is -2.10. The molecule has 0 radical (unpaired) electrons. The molecule has 1 aromatic carbocycles. The molecule has 1 heterocycles. The smallest absolute Gasteiger partial charge is 0.220 e. The summed E-state index contributed by atoms with van der Waals surface area (Å²) in [7, 11) is 0. The fraction of sp³-hybridized carbons (Fsp3) is 0.333. The number of carbonyl (C=O) groups is 1. The van der Waals surface area contributed by atoms with E-state index in [1.54, 1.807) is 6.20 Å². The number of nitrogen functional groups attached to an aromatic ring is 1. The molecule has 0 atom stereocenters. The van der Waals surface area contributed by atoms with Crippen LogP contribution in [0.25, 0.3) is 0 Å². The maximum atomic E-state index is 11.9. The monoisotopic (exact) mass is 313 g/mol. The van der Waals surface area contributed by atoms with Crippen LogP contribution in [0.2, 0.25) is 0 Å². The lowest BCUT2D eigenvalue weighted by Crippen LogP contribution is -2.23. The van der Waals surface area contributed by atoms with Crippen LogP contribution in [0.1, 0.15) is 31.0 Å². The third-order valence-corrected chi connectivity index (χ3v) is 3.37. The molecule has 0 saturated carbocycles. The second kappa shape index (κ2) is 8.78. The Labute approximate surface area is 136 Å². The molecule has 2 aromatic rings. The van der Waals surface area contributed by atoms with Gasteiger partial charge in [0.05, 0.1) is 24.5 Å². The Bertz CT molecular complexity index is 629. The molecule has 0 fully saturated rings. The normalized spacial score (nSPS) is 10.3. The molecule has 2 rings (SSSR count). The molecule has 1 aromatic heterocycles. The first-order chi connectivity index (χ1) is 11.2. The Hall–Kier alpha value is -2.56. The summed E-state index contributed by atoms with van der Waals surface area (Å²) in [4.78, 5) is 16.1. The highest BCUT2D eigenvalue weighted by molar-refractivity contribution is 5.76. The van der Waals surface area contributed by atoms with Crippen LogP contribution < -0.4 is 15.8 Å². The predicted octanol–water partition coefficient (Wildman–Crippen LogP) is 2.70. The van der Waals surface area contributed by atoms with E-state index in [-0.39, 0.29) is 5.91 Å². The number of nitrogens with one attached hydrogen (secondary N) is 1. The number of pyridine rings is 1. The molecule has 122 valence electrons. The lowest BCUT2D eigenvalue weighted by molar-refractivity contribution is -0.121. The lowest BCUT2D eigenvalue weighted by atomic mass is 10.1. The zero-order valence-electron chi connectivity index (χ0n) is 13.4. The molecule has 23 heavy (non-hydrogen) atoms. The van der Waals surface area contributed by atoms with Gasteiger partial charge in [-0.3, -0.25) is 9.78 Å². The van der Waals surface area contributed by atoms with E-state index in [2.05, 4.69) is 10.3 Å². The van der Waals surface area contributed by atoms with Gasteiger partial charge in [0.15, 0.2) is 0 Å². The van der Waals surface area contributed by atoms with E-state index in [9.17, 15) is 4.79 Å². The van der Waals surface area contributed by atoms with Gasteiger partial charge in [0.25, 0.3) is 0 Å². The third-order valence-electron chi connectivity index (χ3n) is 3.37. The Balaban J connectivity index is 1.78. The molecule has 5 heteroatoms. The summed E-state index contributed by atoms with van der Waals surface area (Å²) in [5.74, 6) is 0.704. The van der Waals surface area contributed by atoms with Crippen LogP contribution in [-0.4, -0.2) is 17.5 Å². The van der Waals surface area contributed by atoms with Crippen LogP contribution in [0.5, 0.6) is 5.75 Å². The number of aromatic nitrogens is 1. The van der Waals surface area contributed by atoms with Crippen molar-refractivity contribution in [2.75, 3.05) is 12.3 Å². The molecule has 0 unspecified atom stereocenters. The largest absolute Gasteiger partial charge is 0.491 e. The number of hydrogen-bond donors (Lipinski definition) is 2. The van der Waals surface area contributed by atoms with Crippen LogP contribution in [0.3, 0.4) is 0 Å². The van der Waals surface area contributed by atoms with Crippen molar-refractivity contribution in [3.63, 3.8) is 0 Å². The van der Waals surface area contributed by atoms with Gasteiger partial charge in [0.1, 0.15) is 5.75 Å². The number of ether oxygens (including phenoxy) is 1. The standard InChI is InChI=1S/C18H23N3O2/c1-2-11-23-17-8-6-14(12-16(17)19)7-9-18(22)21-13-15-5-3-4-10-20-15/h3-6,8,10,12H,2,7,9,11,13,19H2,1H3,(H,21,22). The zero-order valence-corrected chi connectivity index (χ0v) is 13.4. The molecule has 0 aliphatic carbocycles. The van der Waals surface area contributed by atoms with E-state index in [1.807, 2.05) is 43.3 Å². The number of amides is 1. The van der Waals surface area contributed by atoms with E-state index in [0.717, 1.165) is 17.7 Å². The first kappa shape index (κ1) is 16.8. The van der Waals surface area contributed by atoms with Crippen molar-refractivity contribution in [1.82, 2.24) is 10.3 Å². The van der Waals surface area contributed by atoms with Gasteiger partial charge >= 0.3 is 0 Å². The van der Waals surface area contributed by atoms with Gasteiger partial charge in [-0.25, -0.2) is 0 Å². The van der Waals surface area contributed by atoms with E-state index < -0.39 is 0 Å². The van der Waals surface area contributed by atoms with E-state index >= 15 is 0 Å². The van der Waals surface area contributed by atoms with Gasteiger partial charge in [-0.15, -0.1) is 0 Å². The van der Waals surface area contributed by atoms with Crippen LogP contribution in [0.4, 0.5) is 5.69 Å². The highest BCUT2D eigenvalue weighted by Gasteiger charge is 2.05. The van der Waals surface area contributed by atoms with Gasteiger partial charge < -0.3 is 15.8 Å². The number of rotatable bonds is 8. The quantitative estimate of drug-likeness (QED) is 0.735. The van der Waals surface area contributed by atoms with Crippen LogP contribution >= 0.6 is 0 Å². The Morgan fingerprint density at radius 2 is 2.17 bits per heavy atom. The highest BCUT2D eigenvalue weighted by atomic mass is 16.5. The molecule has 0 spiro atoms. The minimum atomic E-state index is 0.000494. The average molecular weight is 313 g/mol. The number of carbonyl (C=O) groups excluding carboxylic acids is 1. The molecule has 0 saturated heterocycles. The van der Waals surface area contributed by atoms with E-state index in [4.69, 9.17) is 10.5 Å². The molecule has 0 aliphatic heterocycles. The van der Waals surface area contributed by atoms with Crippen molar-refractivity contribution in [2.24, 2.45) is 0 Å². The summed E-state index contributed by atoms with van der Waals surface area (Å²) in [6, 6.07) is 11.3. The number of anilines is 1. The molecular weight excluding hydrogens is 290 g/mol. The van der Waals surface area contributed by atoms with Gasteiger partial charge in [0, 0.05) is 12.6 Å². The molecule has 0 aliphatic rings. The first-order valence-electron chi connectivity index (χ1n) is 7.87. The van der Waals surface area contributed by atoms with Crippen molar-refractivity contribution >= 4 is 11.6 Å². The van der Waals surface area contributed by atoms with Crippen molar-refractivity contribution in [2.45, 2.75) is 32.7 Å². The first-order valence-corrected chi connectivity index (χ1v) is 7.87. The molecule has 3 N–H and O–H groups in total. The minimum Gasteiger partial charge on any atom is -0.491 e. The van der Waals surface area contributed by atoms with Gasteiger partial charge in [-0.1, -0.05) is 19.1 Å². The van der Waals surface area contributed by atoms with Crippen LogP contribution in [0, 0.1) is 0 Å². The number of aryl methyl sites for hydroxylation is 1. The Morgan fingerprint density at radius 1 is 1.30 bits per heavy atom. The zero-order chi connectivity index (χ0) is 16.5. The molecule has 1 amide bonds. The fourth-order valence-corrected chi connectivity index (χ4v) is 2.13. The number of nitrogens with two attached hydrogens (primary N) is 1. The van der Waals surface area contributed by atoms with Crippen molar-refractivity contribution in [1.29, 1.82) is 0 Å². The summed E-state index contributed by atoms with van der Waals surface area (Å²) in [5, 5.41) is 2.87. The molecular formula is C18H23N3O2. The van der Waals surface area contributed by atoms with Gasteiger partial charge in [-0.05, 0) is 42.7 Å². The van der Waals surface area contributed by atoms with Crippen molar-refractivity contribution in [3.8, 4) is 5.75 Å². The summed E-state index contributed by atoms with van der Waals surface area (Å²) >= 11 is 0.